The number of halogens is 1. The second-order valence-electron chi connectivity index (χ2n) is 6.32. The second-order valence-corrected chi connectivity index (χ2v) is 7.58. The third-order valence-corrected chi connectivity index (χ3v) is 4.95. The Morgan fingerprint density at radius 1 is 1.39 bits per heavy atom. The normalized spacial score (nSPS) is 14.8. The monoisotopic (exact) mass is 472 g/mol. The minimum atomic E-state index is 0.507. The van der Waals surface area contributed by atoms with Crippen LogP contribution < -0.4 is 20.2 Å². The standard InChI is InChI=1S/C19H29BrN4O3S/c1-3-9-27-18-16(20)12-15(13-17(18)25-2)14-22-23-19(28)21-5-4-6-24-7-10-26-11-8-24/h12-14H,3-11H2,1-2H3,(H2,21,23,28)/b22-14+. The van der Waals surface area contributed by atoms with Crippen molar-refractivity contribution in [3.8, 4) is 11.5 Å². The molecule has 1 fully saturated rings. The fourth-order valence-corrected chi connectivity index (χ4v) is 3.42. The van der Waals surface area contributed by atoms with E-state index in [-0.39, 0.29) is 0 Å². The zero-order valence-electron chi connectivity index (χ0n) is 16.5. The van der Waals surface area contributed by atoms with Gasteiger partial charge in [0, 0.05) is 19.6 Å². The van der Waals surface area contributed by atoms with Gasteiger partial charge in [0.05, 0.1) is 37.6 Å². The molecule has 1 heterocycles. The van der Waals surface area contributed by atoms with Gasteiger partial charge >= 0.3 is 0 Å². The van der Waals surface area contributed by atoms with Gasteiger partial charge in [-0.1, -0.05) is 6.92 Å². The van der Waals surface area contributed by atoms with Gasteiger partial charge in [0.2, 0.25) is 0 Å². The predicted octanol–water partition coefficient (Wildman–Crippen LogP) is 2.77. The molecule has 0 atom stereocenters. The molecule has 1 aliphatic heterocycles. The van der Waals surface area contributed by atoms with Crippen molar-refractivity contribution in [1.82, 2.24) is 15.6 Å². The number of thiocarbonyl (C=S) groups is 1. The Bertz CT molecular complexity index is 654. The Morgan fingerprint density at radius 2 is 2.18 bits per heavy atom. The number of morpholine rings is 1. The van der Waals surface area contributed by atoms with Crippen LogP contribution in [0.3, 0.4) is 0 Å². The average Bonchev–Trinajstić information content (AvgIpc) is 2.71. The Hall–Kier alpha value is -1.42. The number of nitrogens with zero attached hydrogens (tertiary/aromatic N) is 2. The minimum Gasteiger partial charge on any atom is -0.493 e. The maximum absolute atomic E-state index is 5.73. The summed E-state index contributed by atoms with van der Waals surface area (Å²) in [7, 11) is 1.62. The zero-order chi connectivity index (χ0) is 20.2. The van der Waals surface area contributed by atoms with E-state index in [4.69, 9.17) is 26.4 Å². The molecule has 0 unspecified atom stereocenters. The van der Waals surface area contributed by atoms with E-state index >= 15 is 0 Å². The number of ether oxygens (including phenoxy) is 3. The van der Waals surface area contributed by atoms with Crippen molar-refractivity contribution < 1.29 is 14.2 Å². The quantitative estimate of drug-likeness (QED) is 0.235. The molecule has 7 nitrogen and oxygen atoms in total. The Labute approximate surface area is 180 Å². The second kappa shape index (κ2) is 12.9. The SMILES string of the molecule is CCCOc1c(Br)cc(/C=N/NC(=S)NCCCN2CCOCC2)cc1OC. The van der Waals surface area contributed by atoms with Crippen LogP contribution in [-0.4, -0.2) is 69.3 Å². The highest BCUT2D eigenvalue weighted by Gasteiger charge is 2.11. The van der Waals surface area contributed by atoms with Gasteiger partial charge in [-0.15, -0.1) is 0 Å². The van der Waals surface area contributed by atoms with Gasteiger partial charge in [0.25, 0.3) is 0 Å². The van der Waals surface area contributed by atoms with Crippen LogP contribution in [0.2, 0.25) is 0 Å². The van der Waals surface area contributed by atoms with Gasteiger partial charge in [-0.05, 0) is 65.2 Å². The smallest absolute Gasteiger partial charge is 0.186 e. The molecule has 1 aliphatic rings. The van der Waals surface area contributed by atoms with Crippen LogP contribution in [-0.2, 0) is 4.74 Å². The first kappa shape index (κ1) is 22.9. The summed E-state index contributed by atoms with van der Waals surface area (Å²) in [5.74, 6) is 1.36. The molecule has 0 aromatic heterocycles. The van der Waals surface area contributed by atoms with E-state index in [9.17, 15) is 0 Å². The Balaban J connectivity index is 1.75. The topological polar surface area (TPSA) is 67.4 Å². The van der Waals surface area contributed by atoms with Crippen molar-refractivity contribution in [3.05, 3.63) is 22.2 Å². The van der Waals surface area contributed by atoms with Gasteiger partial charge in [-0.25, -0.2) is 0 Å². The predicted molar refractivity (Wildman–Crippen MR) is 120 cm³/mol. The van der Waals surface area contributed by atoms with Crippen molar-refractivity contribution in [1.29, 1.82) is 0 Å². The summed E-state index contributed by atoms with van der Waals surface area (Å²) in [5, 5.41) is 7.87. The lowest BCUT2D eigenvalue weighted by atomic mass is 10.2. The molecule has 1 aromatic rings. The van der Waals surface area contributed by atoms with E-state index in [2.05, 4.69) is 43.6 Å². The lowest BCUT2D eigenvalue weighted by molar-refractivity contribution is 0.0376. The Kier molecular flexibility index (Phi) is 10.6. The largest absolute Gasteiger partial charge is 0.493 e. The molecular weight excluding hydrogens is 444 g/mol. The zero-order valence-corrected chi connectivity index (χ0v) is 18.9. The van der Waals surface area contributed by atoms with Gasteiger partial charge in [-0.2, -0.15) is 5.10 Å². The molecule has 28 heavy (non-hydrogen) atoms. The summed E-state index contributed by atoms with van der Waals surface area (Å²) in [4.78, 5) is 2.40. The van der Waals surface area contributed by atoms with E-state index in [1.165, 1.54) is 0 Å². The number of hydrogen-bond donors (Lipinski definition) is 2. The van der Waals surface area contributed by atoms with Gasteiger partial charge in [-0.3, -0.25) is 10.3 Å². The fourth-order valence-electron chi connectivity index (χ4n) is 2.69. The van der Waals surface area contributed by atoms with Crippen LogP contribution in [0.4, 0.5) is 0 Å². The maximum Gasteiger partial charge on any atom is 0.186 e. The van der Waals surface area contributed by atoms with Crippen molar-refractivity contribution in [2.45, 2.75) is 19.8 Å². The highest BCUT2D eigenvalue weighted by Crippen LogP contribution is 2.36. The first-order chi connectivity index (χ1) is 13.6. The van der Waals surface area contributed by atoms with Crippen LogP contribution in [0, 0.1) is 0 Å². The fraction of sp³-hybridized carbons (Fsp3) is 0.579. The van der Waals surface area contributed by atoms with Crippen molar-refractivity contribution in [2.75, 3.05) is 53.1 Å². The third kappa shape index (κ3) is 7.90. The molecule has 0 amide bonds. The van der Waals surface area contributed by atoms with E-state index in [1.54, 1.807) is 13.3 Å². The number of hydrazone groups is 1. The summed E-state index contributed by atoms with van der Waals surface area (Å²) in [6.07, 6.45) is 3.65. The summed E-state index contributed by atoms with van der Waals surface area (Å²) in [6.45, 7) is 8.22. The number of benzene rings is 1. The highest BCUT2D eigenvalue weighted by molar-refractivity contribution is 9.10. The summed E-state index contributed by atoms with van der Waals surface area (Å²) < 4.78 is 17.3. The molecular formula is C19H29BrN4O3S. The number of hydrogen-bond acceptors (Lipinski definition) is 6. The lowest BCUT2D eigenvalue weighted by Crippen LogP contribution is -2.39. The molecule has 0 bridgehead atoms. The molecule has 9 heteroatoms. The van der Waals surface area contributed by atoms with E-state index in [1.807, 2.05) is 12.1 Å². The highest BCUT2D eigenvalue weighted by atomic mass is 79.9. The van der Waals surface area contributed by atoms with Crippen LogP contribution in [0.1, 0.15) is 25.3 Å². The van der Waals surface area contributed by atoms with Crippen LogP contribution >= 0.6 is 28.1 Å². The maximum atomic E-state index is 5.73. The number of methoxy groups -OCH3 is 1. The van der Waals surface area contributed by atoms with Crippen LogP contribution in [0.25, 0.3) is 0 Å². The summed E-state index contributed by atoms with van der Waals surface area (Å²) >= 11 is 8.79. The molecule has 0 radical (unpaired) electrons. The van der Waals surface area contributed by atoms with Gasteiger partial charge in [0.1, 0.15) is 0 Å². The van der Waals surface area contributed by atoms with Crippen LogP contribution in [0.15, 0.2) is 21.7 Å². The molecule has 0 spiro atoms. The average molecular weight is 473 g/mol. The van der Waals surface area contributed by atoms with E-state index < -0.39 is 0 Å². The lowest BCUT2D eigenvalue weighted by Gasteiger charge is -2.26. The van der Waals surface area contributed by atoms with Gasteiger partial charge < -0.3 is 19.5 Å². The molecule has 0 saturated carbocycles. The molecule has 0 aliphatic carbocycles. The first-order valence-electron chi connectivity index (χ1n) is 9.51. The van der Waals surface area contributed by atoms with Gasteiger partial charge in [0.15, 0.2) is 16.6 Å². The molecule has 1 aromatic carbocycles. The van der Waals surface area contributed by atoms with Crippen LogP contribution in [0.5, 0.6) is 11.5 Å². The van der Waals surface area contributed by atoms with Crippen molar-refractivity contribution in [2.24, 2.45) is 5.10 Å². The first-order valence-corrected chi connectivity index (χ1v) is 10.7. The van der Waals surface area contributed by atoms with E-state index in [0.717, 1.165) is 62.3 Å². The third-order valence-electron chi connectivity index (χ3n) is 4.12. The molecule has 2 N–H and O–H groups in total. The molecule has 156 valence electrons. The number of nitrogens with one attached hydrogen (secondary N) is 2. The van der Waals surface area contributed by atoms with Crippen molar-refractivity contribution in [3.63, 3.8) is 0 Å². The van der Waals surface area contributed by atoms with Crippen molar-refractivity contribution >= 4 is 39.5 Å². The minimum absolute atomic E-state index is 0.507. The number of rotatable bonds is 10. The summed E-state index contributed by atoms with van der Waals surface area (Å²) in [5.41, 5.74) is 3.71. The summed E-state index contributed by atoms with van der Waals surface area (Å²) in [6, 6.07) is 3.80. The molecule has 2 rings (SSSR count). The van der Waals surface area contributed by atoms with E-state index in [0.29, 0.717) is 23.2 Å². The Morgan fingerprint density at radius 3 is 2.89 bits per heavy atom. The molecule has 1 saturated heterocycles.